The fraction of sp³-hybridized carbons (Fsp3) is 0. The number of thiocarbonyl (C=S) groups is 1. The Morgan fingerprint density at radius 3 is 2.50 bits per heavy atom. The third kappa shape index (κ3) is 4.13. The number of amides is 1. The van der Waals surface area contributed by atoms with Crippen molar-refractivity contribution < 1.29 is 14.1 Å². The van der Waals surface area contributed by atoms with Gasteiger partial charge in [-0.25, -0.2) is 0 Å². The number of thioether (sulfide) groups is 1. The van der Waals surface area contributed by atoms with Gasteiger partial charge in [-0.05, 0) is 58.4 Å². The van der Waals surface area contributed by atoms with Crippen molar-refractivity contribution >= 4 is 83.5 Å². The highest BCUT2D eigenvalue weighted by atomic mass is 79.9. The van der Waals surface area contributed by atoms with Crippen molar-refractivity contribution in [1.29, 1.82) is 0 Å². The lowest BCUT2D eigenvalue weighted by Gasteiger charge is -2.14. The maximum atomic E-state index is 12.9. The first-order valence-corrected chi connectivity index (χ1v) is 11.2. The van der Waals surface area contributed by atoms with Gasteiger partial charge < -0.3 is 4.42 Å². The largest absolute Gasteiger partial charge is 0.457 e. The number of halogens is 2. The molecule has 0 saturated carbocycles. The number of nitro benzene ring substituents is 1. The zero-order valence-corrected chi connectivity index (χ0v) is 19.7. The molecule has 1 aliphatic rings. The predicted octanol–water partition coefficient (Wildman–Crippen LogP) is 6.79. The van der Waals surface area contributed by atoms with Crippen molar-refractivity contribution in [2.24, 2.45) is 0 Å². The first-order valence-electron chi connectivity index (χ1n) is 8.41. The summed E-state index contributed by atoms with van der Waals surface area (Å²) in [7, 11) is 0. The molecule has 1 amide bonds. The fourth-order valence-corrected chi connectivity index (χ4v) is 4.91. The molecule has 150 valence electrons. The van der Waals surface area contributed by atoms with Crippen LogP contribution in [0.15, 0.2) is 72.9 Å². The number of nitro groups is 1. The Bertz CT molecular complexity index is 1220. The number of benzene rings is 2. The molecular weight excluding hydrogens is 556 g/mol. The van der Waals surface area contributed by atoms with Crippen molar-refractivity contribution in [3.63, 3.8) is 0 Å². The zero-order valence-electron chi connectivity index (χ0n) is 14.9. The van der Waals surface area contributed by atoms with Gasteiger partial charge >= 0.3 is 0 Å². The summed E-state index contributed by atoms with van der Waals surface area (Å²) in [6.07, 6.45) is 1.64. The second-order valence-corrected chi connectivity index (χ2v) is 9.56. The van der Waals surface area contributed by atoms with E-state index >= 15 is 0 Å². The Labute approximate surface area is 197 Å². The Morgan fingerprint density at radius 2 is 1.83 bits per heavy atom. The molecule has 0 aliphatic carbocycles. The molecule has 0 unspecified atom stereocenters. The van der Waals surface area contributed by atoms with Gasteiger partial charge in [-0.1, -0.05) is 39.9 Å². The highest BCUT2D eigenvalue weighted by Crippen LogP contribution is 2.38. The lowest BCUT2D eigenvalue weighted by atomic mass is 10.1. The predicted molar refractivity (Wildman–Crippen MR) is 128 cm³/mol. The van der Waals surface area contributed by atoms with Crippen LogP contribution in [-0.2, 0) is 4.79 Å². The van der Waals surface area contributed by atoms with Gasteiger partial charge in [0.05, 0.1) is 15.5 Å². The standard InChI is InChI=1S/C20H10Br2N2O4S2/c21-11-1-3-12(4-2-11)23-19(25)18(30-20(23)29)10-14-6-8-17(28-14)15-7-5-13(24(26)27)9-16(15)22/h1-10H/b18-10+. The molecule has 1 fully saturated rings. The number of hydrogen-bond acceptors (Lipinski definition) is 6. The van der Waals surface area contributed by atoms with Gasteiger partial charge in [0.2, 0.25) is 0 Å². The van der Waals surface area contributed by atoms with Crippen molar-refractivity contribution in [1.82, 2.24) is 0 Å². The topological polar surface area (TPSA) is 76.6 Å². The molecule has 0 atom stereocenters. The third-order valence-corrected chi connectivity index (χ3v) is 6.69. The molecule has 1 saturated heterocycles. The van der Waals surface area contributed by atoms with Crippen LogP contribution in [0.25, 0.3) is 17.4 Å². The molecule has 1 aliphatic heterocycles. The Kier molecular flexibility index (Phi) is 5.92. The summed E-state index contributed by atoms with van der Waals surface area (Å²) >= 11 is 13.3. The molecule has 3 aromatic rings. The number of carbonyl (C=O) groups excluding carboxylic acids is 1. The maximum Gasteiger partial charge on any atom is 0.270 e. The molecule has 0 bridgehead atoms. The molecule has 6 nitrogen and oxygen atoms in total. The Balaban J connectivity index is 1.60. The van der Waals surface area contributed by atoms with Crippen LogP contribution in [0, 0.1) is 10.1 Å². The van der Waals surface area contributed by atoms with Gasteiger partial charge in [0.15, 0.2) is 4.32 Å². The van der Waals surface area contributed by atoms with Crippen LogP contribution in [0.3, 0.4) is 0 Å². The average Bonchev–Trinajstić information content (AvgIpc) is 3.27. The monoisotopic (exact) mass is 564 g/mol. The highest BCUT2D eigenvalue weighted by Gasteiger charge is 2.33. The molecule has 1 aromatic heterocycles. The van der Waals surface area contributed by atoms with Crippen molar-refractivity contribution in [2.45, 2.75) is 0 Å². The van der Waals surface area contributed by atoms with Crippen LogP contribution in [0.2, 0.25) is 0 Å². The van der Waals surface area contributed by atoms with E-state index in [1.807, 2.05) is 24.3 Å². The SMILES string of the molecule is O=C1/C(=C\c2ccc(-c3ccc([N+](=O)[O-])cc3Br)o2)SC(=S)N1c1ccc(Br)cc1. The molecule has 0 N–H and O–H groups in total. The van der Waals surface area contributed by atoms with Crippen LogP contribution >= 0.6 is 55.8 Å². The van der Waals surface area contributed by atoms with Gasteiger partial charge in [0, 0.05) is 32.7 Å². The van der Waals surface area contributed by atoms with E-state index in [0.717, 1.165) is 4.47 Å². The van der Waals surface area contributed by atoms with E-state index in [1.54, 1.807) is 24.3 Å². The molecule has 2 heterocycles. The highest BCUT2D eigenvalue weighted by molar-refractivity contribution is 9.10. The number of furan rings is 1. The van der Waals surface area contributed by atoms with Crippen LogP contribution in [0.1, 0.15) is 5.76 Å². The van der Waals surface area contributed by atoms with Crippen LogP contribution < -0.4 is 4.90 Å². The molecule has 0 radical (unpaired) electrons. The average molecular weight is 566 g/mol. The van der Waals surface area contributed by atoms with E-state index in [0.29, 0.717) is 36.5 Å². The summed E-state index contributed by atoms with van der Waals surface area (Å²) in [4.78, 5) is 25.2. The molecular formula is C20H10Br2N2O4S2. The fourth-order valence-electron chi connectivity index (χ4n) is 2.80. The van der Waals surface area contributed by atoms with Gasteiger partial charge in [0.1, 0.15) is 11.5 Å². The number of rotatable bonds is 4. The minimum atomic E-state index is -0.463. The summed E-state index contributed by atoms with van der Waals surface area (Å²) < 4.78 is 7.74. The van der Waals surface area contributed by atoms with Crippen molar-refractivity contribution in [3.8, 4) is 11.3 Å². The lowest BCUT2D eigenvalue weighted by Crippen LogP contribution is -2.27. The summed E-state index contributed by atoms with van der Waals surface area (Å²) in [5.74, 6) is 0.778. The summed E-state index contributed by atoms with van der Waals surface area (Å²) in [6.45, 7) is 0. The smallest absolute Gasteiger partial charge is 0.270 e. The number of carbonyl (C=O) groups is 1. The van der Waals surface area contributed by atoms with Crippen molar-refractivity contribution in [2.75, 3.05) is 4.90 Å². The Morgan fingerprint density at radius 1 is 1.10 bits per heavy atom. The second kappa shape index (κ2) is 8.46. The van der Waals surface area contributed by atoms with Gasteiger partial charge in [-0.2, -0.15) is 0 Å². The first kappa shape index (κ1) is 21.0. The zero-order chi connectivity index (χ0) is 21.4. The Hall–Kier alpha value is -2.27. The molecule has 4 rings (SSSR count). The minimum absolute atomic E-state index is 0.0194. The summed E-state index contributed by atoms with van der Waals surface area (Å²) in [5, 5.41) is 10.9. The molecule has 0 spiro atoms. The number of hydrogen-bond donors (Lipinski definition) is 0. The normalized spacial score (nSPS) is 15.3. The van der Waals surface area contributed by atoms with Gasteiger partial charge in [-0.15, -0.1) is 0 Å². The van der Waals surface area contributed by atoms with Crippen LogP contribution in [0.4, 0.5) is 11.4 Å². The van der Waals surface area contributed by atoms with E-state index in [4.69, 9.17) is 16.6 Å². The van der Waals surface area contributed by atoms with Gasteiger partial charge in [0.25, 0.3) is 11.6 Å². The number of anilines is 1. The van der Waals surface area contributed by atoms with E-state index in [1.165, 1.54) is 28.8 Å². The lowest BCUT2D eigenvalue weighted by molar-refractivity contribution is -0.384. The molecule has 2 aromatic carbocycles. The van der Waals surface area contributed by atoms with Crippen molar-refractivity contribution in [3.05, 3.63) is 84.3 Å². The van der Waals surface area contributed by atoms with Crippen LogP contribution in [0.5, 0.6) is 0 Å². The first-order chi connectivity index (χ1) is 14.3. The maximum absolute atomic E-state index is 12.9. The minimum Gasteiger partial charge on any atom is -0.457 e. The summed E-state index contributed by atoms with van der Waals surface area (Å²) in [5.41, 5.74) is 1.34. The quantitative estimate of drug-likeness (QED) is 0.150. The second-order valence-electron chi connectivity index (χ2n) is 6.12. The van der Waals surface area contributed by atoms with E-state index < -0.39 is 4.92 Å². The summed E-state index contributed by atoms with van der Waals surface area (Å²) in [6, 6.07) is 15.2. The molecule has 10 heteroatoms. The number of nitrogens with zero attached hydrogens (tertiary/aromatic N) is 2. The van der Waals surface area contributed by atoms with Crippen LogP contribution in [-0.4, -0.2) is 15.2 Å². The molecule has 30 heavy (non-hydrogen) atoms. The van der Waals surface area contributed by atoms with E-state index in [2.05, 4.69) is 31.9 Å². The van der Waals surface area contributed by atoms with Gasteiger partial charge in [-0.3, -0.25) is 19.8 Å². The third-order valence-electron chi connectivity index (χ3n) is 4.21. The number of non-ortho nitro benzene ring substituents is 1. The van der Waals surface area contributed by atoms with E-state index in [9.17, 15) is 14.9 Å². The van der Waals surface area contributed by atoms with E-state index in [-0.39, 0.29) is 11.6 Å².